The molecule has 0 bridgehead atoms. The van der Waals surface area contributed by atoms with E-state index in [1.807, 2.05) is 20.8 Å². The lowest BCUT2D eigenvalue weighted by atomic mass is 9.80. The van der Waals surface area contributed by atoms with Gasteiger partial charge in [-0.2, -0.15) is 0 Å². The normalized spacial score (nSPS) is 22.8. The van der Waals surface area contributed by atoms with Crippen molar-refractivity contribution in [2.75, 3.05) is 0 Å². The number of rotatable bonds is 4. The zero-order valence-electron chi connectivity index (χ0n) is 12.7. The summed E-state index contributed by atoms with van der Waals surface area (Å²) in [5.74, 6) is -1.44. The molecule has 1 saturated carbocycles. The number of aromatic nitrogens is 1. The van der Waals surface area contributed by atoms with E-state index in [2.05, 4.69) is 10.3 Å². The van der Waals surface area contributed by atoms with E-state index in [-0.39, 0.29) is 17.7 Å². The first-order valence-corrected chi connectivity index (χ1v) is 8.09. The lowest BCUT2D eigenvalue weighted by Gasteiger charge is -2.30. The van der Waals surface area contributed by atoms with Crippen LogP contribution in [0.3, 0.4) is 0 Å². The topological polar surface area (TPSA) is 79.3 Å². The van der Waals surface area contributed by atoms with Gasteiger partial charge in [-0.25, -0.2) is 4.98 Å². The minimum Gasteiger partial charge on any atom is -0.481 e. The highest BCUT2D eigenvalue weighted by Gasteiger charge is 2.34. The largest absolute Gasteiger partial charge is 0.481 e. The fourth-order valence-corrected chi connectivity index (χ4v) is 3.58. The van der Waals surface area contributed by atoms with Crippen molar-refractivity contribution in [3.8, 4) is 0 Å². The first kappa shape index (κ1) is 15.9. The first-order chi connectivity index (χ1) is 9.79. The van der Waals surface area contributed by atoms with Gasteiger partial charge in [0.25, 0.3) is 0 Å². The number of amides is 1. The van der Waals surface area contributed by atoms with Crippen LogP contribution < -0.4 is 5.32 Å². The van der Waals surface area contributed by atoms with Crippen LogP contribution in [0, 0.1) is 18.8 Å². The third-order valence-corrected chi connectivity index (χ3v) is 5.22. The van der Waals surface area contributed by atoms with E-state index in [4.69, 9.17) is 5.11 Å². The molecule has 2 N–H and O–H groups in total. The Morgan fingerprint density at radius 3 is 2.62 bits per heavy atom. The molecule has 0 aromatic carbocycles. The Kier molecular flexibility index (Phi) is 4.66. The second-order valence-electron chi connectivity index (χ2n) is 6.29. The van der Waals surface area contributed by atoms with Crippen LogP contribution in [0.5, 0.6) is 0 Å². The quantitative estimate of drug-likeness (QED) is 0.896. The molecule has 1 aliphatic rings. The van der Waals surface area contributed by atoms with Gasteiger partial charge in [0.2, 0.25) is 5.91 Å². The van der Waals surface area contributed by atoms with Crippen LogP contribution in [-0.2, 0) is 15.1 Å². The van der Waals surface area contributed by atoms with Gasteiger partial charge in [0.1, 0.15) is 5.01 Å². The lowest BCUT2D eigenvalue weighted by molar-refractivity contribution is -0.144. The summed E-state index contributed by atoms with van der Waals surface area (Å²) in [6, 6.07) is 0. The third-order valence-electron chi connectivity index (χ3n) is 3.99. The predicted molar refractivity (Wildman–Crippen MR) is 81.1 cm³/mol. The smallest absolute Gasteiger partial charge is 0.306 e. The Labute approximate surface area is 128 Å². The van der Waals surface area contributed by atoms with Crippen molar-refractivity contribution in [2.45, 2.75) is 52.0 Å². The minimum absolute atomic E-state index is 0.0567. The molecule has 2 atom stereocenters. The molecule has 0 spiro atoms. The lowest BCUT2D eigenvalue weighted by Crippen LogP contribution is -2.45. The Morgan fingerprint density at radius 1 is 1.38 bits per heavy atom. The van der Waals surface area contributed by atoms with Gasteiger partial charge >= 0.3 is 5.97 Å². The number of hydrogen-bond donors (Lipinski definition) is 2. The Bertz CT molecular complexity index is 539. The molecule has 1 aromatic heterocycles. The van der Waals surface area contributed by atoms with Crippen LogP contribution in [0.2, 0.25) is 0 Å². The molecule has 5 nitrogen and oxygen atoms in total. The van der Waals surface area contributed by atoms with Gasteiger partial charge in [-0.1, -0.05) is 6.42 Å². The SMILES string of the molecule is Cc1cnc(C(C)(C)NC(=O)C2CCCC(C(=O)O)C2)s1. The Balaban J connectivity index is 2.01. The molecule has 1 aliphatic carbocycles. The average molecular weight is 310 g/mol. The van der Waals surface area contributed by atoms with E-state index in [1.165, 1.54) is 0 Å². The van der Waals surface area contributed by atoms with Crippen molar-refractivity contribution in [1.29, 1.82) is 0 Å². The van der Waals surface area contributed by atoms with Gasteiger partial charge in [0.05, 0.1) is 11.5 Å². The molecule has 6 heteroatoms. The fraction of sp³-hybridized carbons (Fsp3) is 0.667. The molecule has 2 rings (SSSR count). The number of hydrogen-bond acceptors (Lipinski definition) is 4. The first-order valence-electron chi connectivity index (χ1n) is 7.27. The number of carbonyl (C=O) groups excluding carboxylic acids is 1. The maximum absolute atomic E-state index is 12.4. The van der Waals surface area contributed by atoms with Gasteiger partial charge in [0.15, 0.2) is 0 Å². The number of carboxylic acids is 1. The number of carboxylic acid groups (broad SMARTS) is 1. The van der Waals surface area contributed by atoms with E-state index >= 15 is 0 Å². The van der Waals surface area contributed by atoms with Gasteiger partial charge < -0.3 is 10.4 Å². The summed E-state index contributed by atoms with van der Waals surface area (Å²) in [6.07, 6.45) is 4.48. The number of carbonyl (C=O) groups is 2. The highest BCUT2D eigenvalue weighted by molar-refractivity contribution is 7.11. The summed E-state index contributed by atoms with van der Waals surface area (Å²) in [5, 5.41) is 13.0. The van der Waals surface area contributed by atoms with Gasteiger partial charge in [-0.3, -0.25) is 9.59 Å². The highest BCUT2D eigenvalue weighted by Crippen LogP contribution is 2.31. The Hall–Kier alpha value is -1.43. The number of nitrogens with one attached hydrogen (secondary N) is 1. The molecule has 1 amide bonds. The van der Waals surface area contributed by atoms with E-state index in [0.717, 1.165) is 22.7 Å². The van der Waals surface area contributed by atoms with Crippen LogP contribution in [-0.4, -0.2) is 22.0 Å². The molecule has 2 unspecified atom stereocenters. The molecule has 1 fully saturated rings. The van der Waals surface area contributed by atoms with Crippen molar-refractivity contribution >= 4 is 23.2 Å². The summed E-state index contributed by atoms with van der Waals surface area (Å²) in [5.41, 5.74) is -0.522. The molecule has 1 aromatic rings. The van der Waals surface area contributed by atoms with Crippen molar-refractivity contribution in [3.63, 3.8) is 0 Å². The minimum atomic E-state index is -0.790. The van der Waals surface area contributed by atoms with Crippen LogP contribution >= 0.6 is 11.3 Å². The standard InChI is InChI=1S/C15H22N2O3S/c1-9-8-16-14(21-9)15(2,3)17-12(18)10-5-4-6-11(7-10)13(19)20/h8,10-11H,4-7H2,1-3H3,(H,17,18)(H,19,20). The Morgan fingerprint density at radius 2 is 2.05 bits per heavy atom. The number of aryl methyl sites for hydroxylation is 1. The van der Waals surface area contributed by atoms with Crippen LogP contribution in [0.15, 0.2) is 6.20 Å². The molecule has 0 aliphatic heterocycles. The van der Waals surface area contributed by atoms with Crippen molar-refractivity contribution in [3.05, 3.63) is 16.1 Å². The van der Waals surface area contributed by atoms with Crippen LogP contribution in [0.4, 0.5) is 0 Å². The summed E-state index contributed by atoms with van der Waals surface area (Å²) in [6.45, 7) is 5.85. The highest BCUT2D eigenvalue weighted by atomic mass is 32.1. The third kappa shape index (κ3) is 3.81. The number of thiazole rings is 1. The molecule has 21 heavy (non-hydrogen) atoms. The second-order valence-corrected chi connectivity index (χ2v) is 7.52. The maximum atomic E-state index is 12.4. The van der Waals surface area contributed by atoms with E-state index in [0.29, 0.717) is 12.8 Å². The number of nitrogens with zero attached hydrogens (tertiary/aromatic N) is 1. The molecule has 0 radical (unpaired) electrons. The van der Waals surface area contributed by atoms with Gasteiger partial charge in [-0.15, -0.1) is 11.3 Å². The zero-order valence-corrected chi connectivity index (χ0v) is 13.5. The zero-order chi connectivity index (χ0) is 15.6. The number of aliphatic carboxylic acids is 1. The fourth-order valence-electron chi connectivity index (χ4n) is 2.76. The maximum Gasteiger partial charge on any atom is 0.306 e. The van der Waals surface area contributed by atoms with E-state index in [9.17, 15) is 9.59 Å². The van der Waals surface area contributed by atoms with Gasteiger partial charge in [0, 0.05) is 17.0 Å². The second kappa shape index (κ2) is 6.13. The predicted octanol–water partition coefficient (Wildman–Crippen LogP) is 2.69. The molecule has 0 saturated heterocycles. The van der Waals surface area contributed by atoms with E-state index < -0.39 is 11.5 Å². The van der Waals surface area contributed by atoms with Crippen molar-refractivity contribution in [2.24, 2.45) is 11.8 Å². The summed E-state index contributed by atoms with van der Waals surface area (Å²) in [4.78, 5) is 29.0. The monoisotopic (exact) mass is 310 g/mol. The summed E-state index contributed by atoms with van der Waals surface area (Å²) in [7, 11) is 0. The molecular formula is C15H22N2O3S. The van der Waals surface area contributed by atoms with Crippen molar-refractivity contribution < 1.29 is 14.7 Å². The van der Waals surface area contributed by atoms with Crippen LogP contribution in [0.1, 0.15) is 49.4 Å². The van der Waals surface area contributed by atoms with Crippen LogP contribution in [0.25, 0.3) is 0 Å². The molecule has 116 valence electrons. The summed E-state index contributed by atoms with van der Waals surface area (Å²) < 4.78 is 0. The van der Waals surface area contributed by atoms with E-state index in [1.54, 1.807) is 17.5 Å². The van der Waals surface area contributed by atoms with Gasteiger partial charge in [-0.05, 0) is 40.0 Å². The molecular weight excluding hydrogens is 288 g/mol. The summed E-state index contributed by atoms with van der Waals surface area (Å²) >= 11 is 1.57. The molecule has 1 heterocycles. The average Bonchev–Trinajstić information content (AvgIpc) is 2.86. The van der Waals surface area contributed by atoms with Crippen molar-refractivity contribution in [1.82, 2.24) is 10.3 Å².